The number of likely N-dealkylation sites (tertiary alicyclic amines) is 2. The second-order valence-corrected chi connectivity index (χ2v) is 7.51. The third-order valence-electron chi connectivity index (χ3n) is 4.97. The highest BCUT2D eigenvalue weighted by Gasteiger charge is 2.34. The van der Waals surface area contributed by atoms with E-state index in [9.17, 15) is 0 Å². The van der Waals surface area contributed by atoms with Crippen LogP contribution >= 0.6 is 0 Å². The molecule has 2 saturated heterocycles. The summed E-state index contributed by atoms with van der Waals surface area (Å²) in [5, 5.41) is 0. The lowest BCUT2D eigenvalue weighted by Gasteiger charge is -2.42. The quantitative estimate of drug-likeness (QED) is 0.651. The molecule has 2 heteroatoms. The second-order valence-electron chi connectivity index (χ2n) is 7.51. The van der Waals surface area contributed by atoms with Crippen molar-refractivity contribution < 1.29 is 8.97 Å². The van der Waals surface area contributed by atoms with Crippen LogP contribution in [0.15, 0.2) is 0 Å². The number of hydrogen-bond donors (Lipinski definition) is 0. The zero-order valence-corrected chi connectivity index (χ0v) is 12.2. The highest BCUT2D eigenvalue weighted by molar-refractivity contribution is 4.64. The molecule has 0 aromatic heterocycles. The van der Waals surface area contributed by atoms with E-state index in [1.165, 1.54) is 80.2 Å². The molecule has 2 fully saturated rings. The molecule has 0 spiro atoms. The van der Waals surface area contributed by atoms with Crippen molar-refractivity contribution in [2.24, 2.45) is 5.92 Å². The van der Waals surface area contributed by atoms with Crippen LogP contribution in [-0.4, -0.2) is 62.8 Å². The van der Waals surface area contributed by atoms with Gasteiger partial charge in [0.2, 0.25) is 0 Å². The van der Waals surface area contributed by atoms with Crippen LogP contribution in [0.2, 0.25) is 0 Å². The highest BCUT2D eigenvalue weighted by atomic mass is 15.4. The molecule has 0 amide bonds. The van der Waals surface area contributed by atoms with Crippen molar-refractivity contribution in [2.45, 2.75) is 38.5 Å². The van der Waals surface area contributed by atoms with E-state index < -0.39 is 0 Å². The number of piperidine rings is 1. The summed E-state index contributed by atoms with van der Waals surface area (Å²) in [5.41, 5.74) is 0. The van der Waals surface area contributed by atoms with Crippen LogP contribution in [0.25, 0.3) is 0 Å². The lowest BCUT2D eigenvalue weighted by Crippen LogP contribution is -2.54. The van der Waals surface area contributed by atoms with E-state index in [1.807, 2.05) is 0 Å². The minimum atomic E-state index is 0.974. The number of nitrogens with zero attached hydrogens (tertiary/aromatic N) is 2. The Hall–Kier alpha value is -0.0800. The van der Waals surface area contributed by atoms with Gasteiger partial charge in [-0.15, -0.1) is 0 Å². The molecule has 0 N–H and O–H groups in total. The average molecular weight is 240 g/mol. The first-order valence-electron chi connectivity index (χ1n) is 7.65. The zero-order valence-electron chi connectivity index (χ0n) is 12.2. The lowest BCUT2D eigenvalue weighted by atomic mass is 9.95. The maximum atomic E-state index is 2.51. The number of hydrogen-bond acceptors (Lipinski definition) is 0. The minimum absolute atomic E-state index is 0.974. The van der Waals surface area contributed by atoms with Gasteiger partial charge in [0.1, 0.15) is 0 Å². The highest BCUT2D eigenvalue weighted by Crippen LogP contribution is 2.25. The topological polar surface area (TPSA) is 0 Å². The zero-order chi connectivity index (χ0) is 12.4. The molecule has 1 unspecified atom stereocenters. The third kappa shape index (κ3) is 3.96. The molecule has 100 valence electrons. The van der Waals surface area contributed by atoms with E-state index in [2.05, 4.69) is 21.1 Å². The second kappa shape index (κ2) is 5.27. The first-order valence-corrected chi connectivity index (χ1v) is 7.65. The van der Waals surface area contributed by atoms with E-state index in [4.69, 9.17) is 0 Å². The van der Waals surface area contributed by atoms with Crippen LogP contribution in [0.4, 0.5) is 0 Å². The Morgan fingerprint density at radius 2 is 1.47 bits per heavy atom. The summed E-state index contributed by atoms with van der Waals surface area (Å²) in [6.45, 7) is 7.11. The fraction of sp³-hybridized carbons (Fsp3) is 1.00. The van der Waals surface area contributed by atoms with Crippen LogP contribution in [-0.2, 0) is 0 Å². The fourth-order valence-corrected chi connectivity index (χ4v) is 4.10. The average Bonchev–Trinajstić information content (AvgIpc) is 2.41. The summed E-state index contributed by atoms with van der Waals surface area (Å²) in [5.74, 6) is 0.974. The molecule has 1 atom stereocenters. The lowest BCUT2D eigenvalue weighted by molar-refractivity contribution is -0.929. The van der Waals surface area contributed by atoms with Crippen molar-refractivity contribution >= 4 is 0 Å². The molecule has 2 aliphatic rings. The minimum Gasteiger partial charge on any atom is -0.328 e. The first kappa shape index (κ1) is 13.4. The summed E-state index contributed by atoms with van der Waals surface area (Å²) in [6.07, 6.45) is 8.79. The molecular weight excluding hydrogens is 208 g/mol. The van der Waals surface area contributed by atoms with Crippen molar-refractivity contribution in [1.29, 1.82) is 0 Å². The molecule has 2 aliphatic heterocycles. The van der Waals surface area contributed by atoms with Gasteiger partial charge in [0.25, 0.3) is 0 Å². The Labute approximate surface area is 108 Å². The van der Waals surface area contributed by atoms with E-state index in [0.717, 1.165) is 5.92 Å². The van der Waals surface area contributed by atoms with Crippen LogP contribution in [0, 0.1) is 5.92 Å². The van der Waals surface area contributed by atoms with Crippen LogP contribution < -0.4 is 0 Å². The molecular formula is C15H32N2+2. The van der Waals surface area contributed by atoms with E-state index in [0.29, 0.717) is 0 Å². The predicted octanol–water partition coefficient (Wildman–Crippen LogP) is 2.49. The molecule has 0 aliphatic carbocycles. The molecule has 2 rings (SSSR count). The molecule has 0 saturated carbocycles. The molecule has 0 aromatic rings. The third-order valence-corrected chi connectivity index (χ3v) is 4.97. The van der Waals surface area contributed by atoms with Crippen molar-refractivity contribution in [2.75, 3.05) is 53.9 Å². The number of rotatable bonds is 2. The molecule has 0 bridgehead atoms. The standard InChI is InChI=1S/C15H32N2/c1-16(2)10-8-9-15(13-16)14-17(3)11-6-4-5-7-12-17/h15H,4-14H2,1-3H3/q+2. The monoisotopic (exact) mass is 240 g/mol. The van der Waals surface area contributed by atoms with E-state index in [1.54, 1.807) is 0 Å². The Morgan fingerprint density at radius 1 is 0.824 bits per heavy atom. The normalized spacial score (nSPS) is 33.0. The maximum Gasteiger partial charge on any atom is 0.0867 e. The van der Waals surface area contributed by atoms with Crippen molar-refractivity contribution in [3.8, 4) is 0 Å². The van der Waals surface area contributed by atoms with Gasteiger partial charge in [-0.2, -0.15) is 0 Å². The van der Waals surface area contributed by atoms with Crippen LogP contribution in [0.3, 0.4) is 0 Å². The maximum absolute atomic E-state index is 2.51. The van der Waals surface area contributed by atoms with Gasteiger partial charge >= 0.3 is 0 Å². The van der Waals surface area contributed by atoms with Crippen LogP contribution in [0.1, 0.15) is 38.5 Å². The van der Waals surface area contributed by atoms with Gasteiger partial charge in [0.15, 0.2) is 0 Å². The van der Waals surface area contributed by atoms with Crippen molar-refractivity contribution in [1.82, 2.24) is 0 Å². The summed E-state index contributed by atoms with van der Waals surface area (Å²) in [4.78, 5) is 0. The van der Waals surface area contributed by atoms with Crippen molar-refractivity contribution in [3.05, 3.63) is 0 Å². The van der Waals surface area contributed by atoms with E-state index in [-0.39, 0.29) is 0 Å². The van der Waals surface area contributed by atoms with Gasteiger partial charge in [-0.3, -0.25) is 0 Å². The summed E-state index contributed by atoms with van der Waals surface area (Å²) >= 11 is 0. The molecule has 0 aromatic carbocycles. The summed E-state index contributed by atoms with van der Waals surface area (Å²) < 4.78 is 2.62. The predicted molar refractivity (Wildman–Crippen MR) is 73.8 cm³/mol. The number of quaternary nitrogens is 2. The smallest absolute Gasteiger partial charge is 0.0867 e. The van der Waals surface area contributed by atoms with Gasteiger partial charge in [0, 0.05) is 0 Å². The Kier molecular flexibility index (Phi) is 4.14. The Morgan fingerprint density at radius 3 is 2.06 bits per heavy atom. The van der Waals surface area contributed by atoms with Gasteiger partial charge in [-0.25, -0.2) is 0 Å². The summed E-state index contributed by atoms with van der Waals surface area (Å²) in [6, 6.07) is 0. The van der Waals surface area contributed by atoms with Gasteiger partial charge < -0.3 is 8.97 Å². The summed E-state index contributed by atoms with van der Waals surface area (Å²) in [7, 11) is 7.34. The van der Waals surface area contributed by atoms with Gasteiger partial charge in [0.05, 0.1) is 59.8 Å². The molecule has 17 heavy (non-hydrogen) atoms. The van der Waals surface area contributed by atoms with Crippen LogP contribution in [0.5, 0.6) is 0 Å². The molecule has 0 radical (unpaired) electrons. The van der Waals surface area contributed by atoms with Gasteiger partial charge in [-0.05, 0) is 38.5 Å². The molecule has 2 heterocycles. The Balaban J connectivity index is 1.90. The fourth-order valence-electron chi connectivity index (χ4n) is 4.10. The molecule has 2 nitrogen and oxygen atoms in total. The van der Waals surface area contributed by atoms with Crippen molar-refractivity contribution in [3.63, 3.8) is 0 Å². The Bertz CT molecular complexity index is 239. The van der Waals surface area contributed by atoms with E-state index >= 15 is 0 Å². The van der Waals surface area contributed by atoms with Gasteiger partial charge in [-0.1, -0.05) is 0 Å². The SMILES string of the molecule is C[N+]1(C)CCCC(C[N+]2(C)CCCCCC2)C1. The first-order chi connectivity index (χ1) is 7.99. The largest absolute Gasteiger partial charge is 0.328 e.